The van der Waals surface area contributed by atoms with E-state index in [-0.39, 0.29) is 17.9 Å². The number of nitrogens with zero attached hydrogens (tertiary/aromatic N) is 2. The second-order valence-corrected chi connectivity index (χ2v) is 10.3. The second-order valence-electron chi connectivity index (χ2n) is 9.40. The van der Waals surface area contributed by atoms with Crippen LogP contribution in [0.2, 0.25) is 0 Å². The molecule has 2 aromatic heterocycles. The van der Waals surface area contributed by atoms with Crippen LogP contribution in [0.15, 0.2) is 35.7 Å². The highest BCUT2D eigenvalue weighted by molar-refractivity contribution is 7.17. The smallest absolute Gasteiger partial charge is 0.271 e. The number of nitrogens with one attached hydrogen (secondary N) is 1. The van der Waals surface area contributed by atoms with Gasteiger partial charge >= 0.3 is 0 Å². The predicted molar refractivity (Wildman–Crippen MR) is 133 cm³/mol. The first-order chi connectivity index (χ1) is 16.4. The third kappa shape index (κ3) is 3.83. The first-order valence-corrected chi connectivity index (χ1v) is 12.7. The van der Waals surface area contributed by atoms with E-state index in [4.69, 9.17) is 9.47 Å². The molecule has 3 aromatic rings. The Morgan fingerprint density at radius 2 is 1.97 bits per heavy atom. The number of fused-ring (bicyclic) bond motifs is 3. The minimum Gasteiger partial charge on any atom is -0.497 e. The summed E-state index contributed by atoms with van der Waals surface area (Å²) in [5.41, 5.74) is 1.61. The molecule has 5 rings (SSSR count). The highest BCUT2D eigenvalue weighted by Gasteiger charge is 2.48. The van der Waals surface area contributed by atoms with Crippen molar-refractivity contribution < 1.29 is 19.1 Å². The van der Waals surface area contributed by atoms with E-state index >= 15 is 0 Å². The maximum absolute atomic E-state index is 13.8. The highest BCUT2D eigenvalue weighted by Crippen LogP contribution is 2.35. The molecular weight excluding hydrogens is 450 g/mol. The number of ether oxygens (including phenoxy) is 2. The van der Waals surface area contributed by atoms with E-state index in [0.717, 1.165) is 53.0 Å². The molecule has 1 fully saturated rings. The summed E-state index contributed by atoms with van der Waals surface area (Å²) in [5, 5.41) is 5.28. The molecular formula is C26H31N3O4S. The molecule has 2 amide bonds. The Balaban J connectivity index is 1.49. The van der Waals surface area contributed by atoms with Crippen molar-refractivity contribution in [3.63, 3.8) is 0 Å². The number of aromatic nitrogens is 1. The van der Waals surface area contributed by atoms with Crippen LogP contribution < -0.4 is 14.8 Å². The Morgan fingerprint density at radius 1 is 1.18 bits per heavy atom. The summed E-state index contributed by atoms with van der Waals surface area (Å²) in [6.07, 6.45) is 4.82. The Kier molecular flexibility index (Phi) is 6.02. The number of hydrogen-bond donors (Lipinski definition) is 1. The molecule has 1 saturated carbocycles. The zero-order chi connectivity index (χ0) is 23.9. The van der Waals surface area contributed by atoms with Gasteiger partial charge in [-0.25, -0.2) is 0 Å². The zero-order valence-corrected chi connectivity index (χ0v) is 20.7. The number of benzene rings is 1. The number of carbonyl (C=O) groups excluding carboxylic acids is 2. The molecule has 180 valence electrons. The average molecular weight is 482 g/mol. The van der Waals surface area contributed by atoms with Gasteiger partial charge in [-0.1, -0.05) is 12.8 Å². The van der Waals surface area contributed by atoms with Crippen molar-refractivity contribution in [3.05, 3.63) is 47.0 Å². The maximum Gasteiger partial charge on any atom is 0.271 e. The van der Waals surface area contributed by atoms with Crippen molar-refractivity contribution in [1.82, 2.24) is 14.8 Å². The van der Waals surface area contributed by atoms with E-state index in [1.165, 1.54) is 0 Å². The van der Waals surface area contributed by atoms with Crippen LogP contribution >= 0.6 is 11.3 Å². The summed E-state index contributed by atoms with van der Waals surface area (Å²) < 4.78 is 14.0. The van der Waals surface area contributed by atoms with E-state index in [2.05, 4.69) is 5.32 Å². The lowest BCUT2D eigenvalue weighted by Gasteiger charge is -2.44. The van der Waals surface area contributed by atoms with Crippen LogP contribution in [0.3, 0.4) is 0 Å². The monoisotopic (exact) mass is 481 g/mol. The Hall–Kier alpha value is -3.00. The summed E-state index contributed by atoms with van der Waals surface area (Å²) in [7, 11) is 3.26. The van der Waals surface area contributed by atoms with Crippen LogP contribution in [-0.2, 0) is 17.8 Å². The standard InChI is InChI=1S/C26H31N3O4S/c1-26(25(31)27-18-6-4-5-7-18)16-28-20-11-13-34-23(20)15-21(28)24(30)29(26)12-10-17-14-19(32-2)8-9-22(17)33-3/h8-9,11,13-15,18H,4-7,10,12,16H2,1-3H3,(H,27,31). The van der Waals surface area contributed by atoms with Crippen LogP contribution in [0.25, 0.3) is 10.2 Å². The van der Waals surface area contributed by atoms with Crippen molar-refractivity contribution in [2.75, 3.05) is 20.8 Å². The van der Waals surface area contributed by atoms with E-state index in [1.54, 1.807) is 30.5 Å². The SMILES string of the molecule is COc1ccc(OC)c(CCN2C(=O)c3cc4sccc4n3CC2(C)C(=O)NC2CCCC2)c1. The Morgan fingerprint density at radius 3 is 2.71 bits per heavy atom. The number of thiophene rings is 1. The van der Waals surface area contributed by atoms with Gasteiger partial charge in [0.05, 0.1) is 31.0 Å². The lowest BCUT2D eigenvalue weighted by molar-refractivity contribution is -0.133. The molecule has 0 saturated heterocycles. The fourth-order valence-electron chi connectivity index (χ4n) is 5.34. The molecule has 7 nitrogen and oxygen atoms in total. The van der Waals surface area contributed by atoms with E-state index < -0.39 is 5.54 Å². The molecule has 0 radical (unpaired) electrons. The van der Waals surface area contributed by atoms with Gasteiger partial charge in [-0.3, -0.25) is 9.59 Å². The first kappa shape index (κ1) is 22.8. The number of carbonyl (C=O) groups is 2. The quantitative estimate of drug-likeness (QED) is 0.548. The van der Waals surface area contributed by atoms with Gasteiger partial charge < -0.3 is 24.3 Å². The molecule has 1 N–H and O–H groups in total. The lowest BCUT2D eigenvalue weighted by atomic mass is 9.93. The van der Waals surface area contributed by atoms with Crippen LogP contribution in [0.5, 0.6) is 11.5 Å². The van der Waals surface area contributed by atoms with Gasteiger partial charge in [0.15, 0.2) is 0 Å². The van der Waals surface area contributed by atoms with Crippen molar-refractivity contribution in [2.45, 2.75) is 57.2 Å². The molecule has 1 aliphatic carbocycles. The van der Waals surface area contributed by atoms with E-state index in [0.29, 0.717) is 25.2 Å². The third-order valence-electron chi connectivity index (χ3n) is 7.32. The zero-order valence-electron chi connectivity index (χ0n) is 19.9. The molecule has 34 heavy (non-hydrogen) atoms. The summed E-state index contributed by atoms with van der Waals surface area (Å²) >= 11 is 1.62. The summed E-state index contributed by atoms with van der Waals surface area (Å²) in [6.45, 7) is 2.73. The summed E-state index contributed by atoms with van der Waals surface area (Å²) in [5.74, 6) is 1.29. The maximum atomic E-state index is 13.8. The van der Waals surface area contributed by atoms with Crippen molar-refractivity contribution in [2.24, 2.45) is 0 Å². The minimum absolute atomic E-state index is 0.0758. The fraction of sp³-hybridized carbons (Fsp3) is 0.462. The van der Waals surface area contributed by atoms with Gasteiger partial charge in [0.25, 0.3) is 5.91 Å². The highest BCUT2D eigenvalue weighted by atomic mass is 32.1. The topological polar surface area (TPSA) is 72.8 Å². The van der Waals surface area contributed by atoms with Gasteiger partial charge in [-0.05, 0) is 67.5 Å². The van der Waals surface area contributed by atoms with Gasteiger partial charge in [0.1, 0.15) is 22.7 Å². The predicted octanol–water partition coefficient (Wildman–Crippen LogP) is 4.24. The van der Waals surface area contributed by atoms with Crippen molar-refractivity contribution in [1.29, 1.82) is 0 Å². The molecule has 1 aromatic carbocycles. The minimum atomic E-state index is -0.993. The van der Waals surface area contributed by atoms with Crippen LogP contribution in [-0.4, -0.2) is 53.6 Å². The Labute approximate surface area is 203 Å². The normalized spacial score (nSPS) is 20.6. The first-order valence-electron chi connectivity index (χ1n) is 11.8. The molecule has 1 unspecified atom stereocenters. The molecule has 1 aliphatic heterocycles. The van der Waals surface area contributed by atoms with Crippen LogP contribution in [0.4, 0.5) is 0 Å². The summed E-state index contributed by atoms with van der Waals surface area (Å²) in [4.78, 5) is 29.3. The molecule has 2 aliphatic rings. The number of amides is 2. The van der Waals surface area contributed by atoms with E-state index in [9.17, 15) is 9.59 Å². The molecule has 0 spiro atoms. The van der Waals surface area contributed by atoms with E-state index in [1.807, 2.05) is 47.2 Å². The molecule has 3 heterocycles. The number of rotatable bonds is 7. The summed E-state index contributed by atoms with van der Waals surface area (Å²) in [6, 6.07) is 9.83. The van der Waals surface area contributed by atoms with Crippen molar-refractivity contribution in [3.8, 4) is 11.5 Å². The Bertz CT molecular complexity index is 1230. The molecule has 0 bridgehead atoms. The molecule has 1 atom stereocenters. The number of hydrogen-bond acceptors (Lipinski definition) is 5. The second kappa shape index (κ2) is 8.98. The van der Waals surface area contributed by atoms with Gasteiger partial charge in [0, 0.05) is 12.6 Å². The van der Waals surface area contributed by atoms with Gasteiger partial charge in [0.2, 0.25) is 5.91 Å². The van der Waals surface area contributed by atoms with Gasteiger partial charge in [-0.2, -0.15) is 0 Å². The lowest BCUT2D eigenvalue weighted by Crippen LogP contribution is -2.65. The van der Waals surface area contributed by atoms with Crippen LogP contribution in [0.1, 0.15) is 48.7 Å². The van der Waals surface area contributed by atoms with Crippen LogP contribution in [0, 0.1) is 0 Å². The van der Waals surface area contributed by atoms with Gasteiger partial charge in [-0.15, -0.1) is 11.3 Å². The third-order valence-corrected chi connectivity index (χ3v) is 8.17. The fourth-order valence-corrected chi connectivity index (χ4v) is 6.17. The average Bonchev–Trinajstić information content (AvgIpc) is 3.58. The molecule has 8 heteroatoms. The number of methoxy groups -OCH3 is 2. The largest absolute Gasteiger partial charge is 0.497 e. The van der Waals surface area contributed by atoms with Crippen molar-refractivity contribution >= 4 is 33.4 Å².